The van der Waals surface area contributed by atoms with Gasteiger partial charge in [0.1, 0.15) is 0 Å². The summed E-state index contributed by atoms with van der Waals surface area (Å²) in [6.45, 7) is 5.22. The fraction of sp³-hybridized carbons (Fsp3) is 0.600. The number of fused-ring (bicyclic) bond motifs is 1. The maximum atomic E-state index is 12.3. The van der Waals surface area contributed by atoms with Crippen molar-refractivity contribution in [2.45, 2.75) is 62.2 Å². The van der Waals surface area contributed by atoms with Crippen LogP contribution in [-0.2, 0) is 11.4 Å². The minimum atomic E-state index is -0.958. The van der Waals surface area contributed by atoms with E-state index in [4.69, 9.17) is 0 Å². The molecule has 0 saturated heterocycles. The molecule has 1 aromatic carbocycles. The van der Waals surface area contributed by atoms with Crippen molar-refractivity contribution >= 4 is 23.3 Å². The van der Waals surface area contributed by atoms with Gasteiger partial charge in [-0.05, 0) is 31.0 Å². The van der Waals surface area contributed by atoms with Crippen molar-refractivity contribution in [3.8, 4) is 0 Å². The number of unbranched alkanes of at least 4 members (excludes halogenated alkanes) is 5. The van der Waals surface area contributed by atoms with Gasteiger partial charge in [-0.1, -0.05) is 48.8 Å². The minimum absolute atomic E-state index is 0.928. The maximum absolute atomic E-state index is 12.3. The highest BCUT2D eigenvalue weighted by molar-refractivity contribution is 8.11. The standard InChI is InChI=1S/C15H23NOS2/c1-3-4-5-6-7-8-11-16-18-14-10-9-13(2)12-15(14)19(16)17/h9-10,12H,3-8,11H2,1-2H3. The summed E-state index contributed by atoms with van der Waals surface area (Å²) < 4.78 is 14.4. The molecule has 1 aliphatic rings. The molecule has 2 nitrogen and oxygen atoms in total. The molecular weight excluding hydrogens is 274 g/mol. The lowest BCUT2D eigenvalue weighted by atomic mass is 10.1. The van der Waals surface area contributed by atoms with Gasteiger partial charge in [-0.2, -0.15) is 0 Å². The van der Waals surface area contributed by atoms with Gasteiger partial charge in [0.2, 0.25) is 0 Å². The van der Waals surface area contributed by atoms with E-state index in [9.17, 15) is 4.55 Å². The molecule has 0 amide bonds. The number of nitrogens with zero attached hydrogens (tertiary/aromatic N) is 1. The van der Waals surface area contributed by atoms with Crippen molar-refractivity contribution in [1.82, 2.24) is 3.71 Å². The van der Waals surface area contributed by atoms with E-state index in [1.165, 1.54) is 37.7 Å². The van der Waals surface area contributed by atoms with Crippen LogP contribution < -0.4 is 0 Å². The molecule has 0 fully saturated rings. The van der Waals surface area contributed by atoms with Gasteiger partial charge in [-0.15, -0.1) is 0 Å². The highest BCUT2D eigenvalue weighted by Gasteiger charge is 2.34. The quantitative estimate of drug-likeness (QED) is 0.414. The third-order valence-corrected chi connectivity index (χ3v) is 6.33. The number of benzene rings is 1. The summed E-state index contributed by atoms with van der Waals surface area (Å²) in [6, 6.07) is 6.24. The van der Waals surface area contributed by atoms with Crippen LogP contribution in [0, 0.1) is 6.92 Å². The van der Waals surface area contributed by atoms with Crippen molar-refractivity contribution in [1.29, 1.82) is 0 Å². The van der Waals surface area contributed by atoms with Gasteiger partial charge in [-0.25, -0.2) is 0 Å². The van der Waals surface area contributed by atoms with Gasteiger partial charge in [0.05, 0.1) is 22.8 Å². The van der Waals surface area contributed by atoms with Crippen LogP contribution in [-0.4, -0.2) is 14.8 Å². The predicted octanol–water partition coefficient (Wildman–Crippen LogP) is 4.70. The molecule has 0 aromatic heterocycles. The molecule has 0 spiro atoms. The molecule has 0 bridgehead atoms. The van der Waals surface area contributed by atoms with Crippen molar-refractivity contribution in [3.63, 3.8) is 0 Å². The highest BCUT2D eigenvalue weighted by Crippen LogP contribution is 2.41. The summed E-state index contributed by atoms with van der Waals surface area (Å²) in [5, 5.41) is 0. The molecule has 1 atom stereocenters. The predicted molar refractivity (Wildman–Crippen MR) is 83.5 cm³/mol. The summed E-state index contributed by atoms with van der Waals surface area (Å²) >= 11 is 0.696. The number of hydrogen-bond acceptors (Lipinski definition) is 3. The zero-order valence-electron chi connectivity index (χ0n) is 11.9. The Hall–Kier alpha value is -0.160. The Kier molecular flexibility index (Phi) is 6.07. The Bertz CT molecular complexity index is 411. The first-order chi connectivity index (χ1) is 9.22. The second-order valence-corrected chi connectivity index (χ2v) is 7.79. The molecule has 4 heteroatoms. The summed E-state index contributed by atoms with van der Waals surface area (Å²) in [5.41, 5.74) is 1.19. The Balaban J connectivity index is 1.75. The third-order valence-electron chi connectivity index (χ3n) is 3.37. The SMILES string of the molecule is CCCCCCCCN1Sc2ccc(C)cc2[S+]1[O-]. The van der Waals surface area contributed by atoms with E-state index in [0.29, 0.717) is 0 Å². The summed E-state index contributed by atoms with van der Waals surface area (Å²) in [7, 11) is 0. The van der Waals surface area contributed by atoms with E-state index >= 15 is 0 Å². The lowest BCUT2D eigenvalue weighted by Crippen LogP contribution is -2.21. The molecule has 1 unspecified atom stereocenters. The van der Waals surface area contributed by atoms with E-state index in [2.05, 4.69) is 32.0 Å². The fourth-order valence-electron chi connectivity index (χ4n) is 2.23. The van der Waals surface area contributed by atoms with Crippen molar-refractivity contribution in [2.24, 2.45) is 0 Å². The van der Waals surface area contributed by atoms with Gasteiger partial charge >= 0.3 is 0 Å². The lowest BCUT2D eigenvalue weighted by molar-refractivity contribution is 0.522. The zero-order chi connectivity index (χ0) is 13.7. The van der Waals surface area contributed by atoms with Gasteiger partial charge in [-0.3, -0.25) is 0 Å². The minimum Gasteiger partial charge on any atom is -0.592 e. The zero-order valence-corrected chi connectivity index (χ0v) is 13.5. The second kappa shape index (κ2) is 7.58. The van der Waals surface area contributed by atoms with Gasteiger partial charge in [0.15, 0.2) is 4.90 Å². The second-order valence-electron chi connectivity index (χ2n) is 5.11. The molecule has 1 heterocycles. The van der Waals surface area contributed by atoms with Gasteiger partial charge in [0.25, 0.3) is 0 Å². The average Bonchev–Trinajstić information content (AvgIpc) is 2.71. The highest BCUT2D eigenvalue weighted by atomic mass is 32.3. The average molecular weight is 297 g/mol. The normalized spacial score (nSPS) is 18.8. The Morgan fingerprint density at radius 2 is 1.89 bits per heavy atom. The lowest BCUT2D eigenvalue weighted by Gasteiger charge is -2.14. The van der Waals surface area contributed by atoms with E-state index in [0.717, 1.165) is 22.8 Å². The van der Waals surface area contributed by atoms with Gasteiger partial charge in [0, 0.05) is 11.9 Å². The smallest absolute Gasteiger partial charge is 0.190 e. The van der Waals surface area contributed by atoms with Crippen LogP contribution in [0.15, 0.2) is 28.0 Å². The van der Waals surface area contributed by atoms with Crippen LogP contribution in [0.2, 0.25) is 0 Å². The van der Waals surface area contributed by atoms with E-state index in [1.54, 1.807) is 11.9 Å². The molecule has 1 aromatic rings. The summed E-state index contributed by atoms with van der Waals surface area (Å²) in [6.07, 6.45) is 7.69. The molecule has 0 saturated carbocycles. The van der Waals surface area contributed by atoms with Crippen molar-refractivity contribution in [3.05, 3.63) is 23.8 Å². The molecular formula is C15H23NOS2. The monoisotopic (exact) mass is 297 g/mol. The molecule has 0 aliphatic carbocycles. The maximum Gasteiger partial charge on any atom is 0.190 e. The van der Waals surface area contributed by atoms with Crippen LogP contribution in [0.3, 0.4) is 0 Å². The largest absolute Gasteiger partial charge is 0.592 e. The van der Waals surface area contributed by atoms with Gasteiger partial charge < -0.3 is 4.55 Å². The van der Waals surface area contributed by atoms with E-state index in [-0.39, 0.29) is 0 Å². The van der Waals surface area contributed by atoms with Crippen molar-refractivity contribution in [2.75, 3.05) is 6.54 Å². The molecule has 19 heavy (non-hydrogen) atoms. The van der Waals surface area contributed by atoms with Crippen molar-refractivity contribution < 1.29 is 4.55 Å². The number of aryl methyl sites for hydroxylation is 1. The molecule has 0 radical (unpaired) electrons. The van der Waals surface area contributed by atoms with Crippen LogP contribution in [0.4, 0.5) is 0 Å². The Labute approximate surface area is 124 Å². The Morgan fingerprint density at radius 3 is 2.68 bits per heavy atom. The third kappa shape index (κ3) is 4.15. The van der Waals surface area contributed by atoms with Crippen LogP contribution in [0.1, 0.15) is 51.0 Å². The van der Waals surface area contributed by atoms with E-state index < -0.39 is 11.4 Å². The first-order valence-electron chi connectivity index (χ1n) is 7.20. The van der Waals surface area contributed by atoms with Crippen LogP contribution in [0.25, 0.3) is 0 Å². The fourth-order valence-corrected chi connectivity index (χ4v) is 5.07. The topological polar surface area (TPSA) is 26.3 Å². The summed E-state index contributed by atoms with van der Waals surface area (Å²) in [4.78, 5) is 2.16. The molecule has 2 rings (SSSR count). The number of hydrogen-bond donors (Lipinski definition) is 0. The first kappa shape index (κ1) is 15.2. The van der Waals surface area contributed by atoms with Crippen LogP contribution in [0.5, 0.6) is 0 Å². The molecule has 0 N–H and O–H groups in total. The van der Waals surface area contributed by atoms with E-state index in [1.807, 2.05) is 3.71 Å². The summed E-state index contributed by atoms with van der Waals surface area (Å²) in [5.74, 6) is 0. The first-order valence-corrected chi connectivity index (χ1v) is 9.08. The van der Waals surface area contributed by atoms with Crippen LogP contribution >= 0.6 is 11.9 Å². The number of rotatable bonds is 7. The molecule has 1 aliphatic heterocycles. The Morgan fingerprint density at radius 1 is 1.16 bits per heavy atom. The molecule has 106 valence electrons.